The molecule has 0 aliphatic heterocycles. The van der Waals surface area contributed by atoms with Crippen LogP contribution in [-0.2, 0) is 0 Å². The Hall–Kier alpha value is -2.75. The third-order valence-electron chi connectivity index (χ3n) is 3.29. The number of hydrogen-bond donors (Lipinski definition) is 1. The van der Waals surface area contributed by atoms with Gasteiger partial charge in [0, 0.05) is 23.5 Å². The van der Waals surface area contributed by atoms with E-state index in [0.717, 1.165) is 5.56 Å². The minimum Gasteiger partial charge on any atom is -0.496 e. The molecule has 0 saturated carbocycles. The lowest BCUT2D eigenvalue weighted by atomic mass is 10.0. The van der Waals surface area contributed by atoms with E-state index in [1.165, 1.54) is 0 Å². The second-order valence-corrected chi connectivity index (χ2v) is 4.42. The molecule has 20 heavy (non-hydrogen) atoms. The number of rotatable bonds is 3. The topological polar surface area (TPSA) is 50.9 Å². The highest BCUT2D eigenvalue weighted by molar-refractivity contribution is 6.04. The first-order chi connectivity index (χ1) is 9.72. The van der Waals surface area contributed by atoms with Crippen LogP contribution < -0.4 is 4.74 Å². The molecule has 0 unspecified atom stereocenters. The van der Waals surface area contributed by atoms with Crippen molar-refractivity contribution >= 4 is 11.5 Å². The first-order valence-electron chi connectivity index (χ1n) is 6.18. The van der Waals surface area contributed by atoms with Crippen LogP contribution in [0.4, 0.5) is 0 Å². The summed E-state index contributed by atoms with van der Waals surface area (Å²) in [5, 5.41) is 9.52. The van der Waals surface area contributed by atoms with Gasteiger partial charge in [0.25, 0.3) is 0 Å². The van der Waals surface area contributed by atoms with Crippen molar-refractivity contribution in [1.82, 2.24) is 4.40 Å². The van der Waals surface area contributed by atoms with Gasteiger partial charge >= 0.3 is 5.97 Å². The molecular weight excluding hydrogens is 254 g/mol. The highest BCUT2D eigenvalue weighted by Crippen LogP contribution is 2.34. The van der Waals surface area contributed by atoms with Crippen molar-refractivity contribution in [3.8, 4) is 16.9 Å². The Balaban J connectivity index is 2.36. The lowest BCUT2D eigenvalue weighted by Crippen LogP contribution is -1.98. The number of aromatic nitrogens is 1. The van der Waals surface area contributed by atoms with Crippen LogP contribution in [0.1, 0.15) is 10.4 Å². The van der Waals surface area contributed by atoms with Crippen molar-refractivity contribution in [2.45, 2.75) is 0 Å². The van der Waals surface area contributed by atoms with E-state index in [4.69, 9.17) is 4.74 Å². The zero-order valence-corrected chi connectivity index (χ0v) is 10.9. The summed E-state index contributed by atoms with van der Waals surface area (Å²) in [7, 11) is 1.58. The van der Waals surface area contributed by atoms with Crippen molar-refractivity contribution in [3.63, 3.8) is 0 Å². The van der Waals surface area contributed by atoms with Gasteiger partial charge in [0.05, 0.1) is 18.2 Å². The third-order valence-corrected chi connectivity index (χ3v) is 3.29. The molecule has 0 spiro atoms. The Bertz CT molecular complexity index is 789. The summed E-state index contributed by atoms with van der Waals surface area (Å²) in [5.41, 5.74) is 2.38. The summed E-state index contributed by atoms with van der Waals surface area (Å²) < 4.78 is 7.14. The molecule has 2 aromatic heterocycles. The van der Waals surface area contributed by atoms with Gasteiger partial charge in [-0.25, -0.2) is 4.79 Å². The number of pyridine rings is 1. The molecule has 1 N–H and O–H groups in total. The molecule has 0 radical (unpaired) electrons. The molecule has 0 fully saturated rings. The molecule has 0 aliphatic carbocycles. The molecule has 0 aliphatic rings. The van der Waals surface area contributed by atoms with E-state index in [1.54, 1.807) is 13.2 Å². The lowest BCUT2D eigenvalue weighted by molar-refractivity contribution is 0.0700. The standard InChI is InChI=1S/C16H13NO3/c1-20-14-8-3-2-6-11(14)12-10-17-9-5-4-7-13(17)15(12)16(18)19/h2-10H,1H3,(H,18,19). The predicted molar refractivity (Wildman–Crippen MR) is 76.3 cm³/mol. The predicted octanol–water partition coefficient (Wildman–Crippen LogP) is 3.31. The van der Waals surface area contributed by atoms with Crippen molar-refractivity contribution < 1.29 is 14.6 Å². The van der Waals surface area contributed by atoms with Crippen LogP contribution in [0.5, 0.6) is 5.75 Å². The van der Waals surface area contributed by atoms with Crippen molar-refractivity contribution in [1.29, 1.82) is 0 Å². The highest BCUT2D eigenvalue weighted by atomic mass is 16.5. The lowest BCUT2D eigenvalue weighted by Gasteiger charge is -2.07. The number of hydrogen-bond acceptors (Lipinski definition) is 2. The summed E-state index contributed by atoms with van der Waals surface area (Å²) in [5.74, 6) is -0.287. The summed E-state index contributed by atoms with van der Waals surface area (Å²) in [6.07, 6.45) is 3.65. The number of carboxylic acids is 1. The van der Waals surface area contributed by atoms with E-state index in [9.17, 15) is 9.90 Å². The van der Waals surface area contributed by atoms with Gasteiger partial charge in [0.1, 0.15) is 5.75 Å². The molecule has 0 bridgehead atoms. The van der Waals surface area contributed by atoms with Crippen LogP contribution in [0.3, 0.4) is 0 Å². The largest absolute Gasteiger partial charge is 0.496 e. The Morgan fingerprint density at radius 2 is 1.85 bits per heavy atom. The number of methoxy groups -OCH3 is 1. The fourth-order valence-corrected chi connectivity index (χ4v) is 2.42. The van der Waals surface area contributed by atoms with Crippen molar-refractivity contribution in [2.75, 3.05) is 7.11 Å². The molecule has 4 nitrogen and oxygen atoms in total. The summed E-state index contributed by atoms with van der Waals surface area (Å²) in [6.45, 7) is 0. The number of benzene rings is 1. The van der Waals surface area contributed by atoms with E-state index in [2.05, 4.69) is 0 Å². The Morgan fingerprint density at radius 3 is 2.60 bits per heavy atom. The van der Waals surface area contributed by atoms with E-state index < -0.39 is 5.97 Å². The van der Waals surface area contributed by atoms with Gasteiger partial charge in [-0.1, -0.05) is 24.3 Å². The molecule has 0 atom stereocenters. The van der Waals surface area contributed by atoms with Gasteiger partial charge in [0.2, 0.25) is 0 Å². The second kappa shape index (κ2) is 4.74. The Labute approximate surface area is 115 Å². The van der Waals surface area contributed by atoms with Crippen molar-refractivity contribution in [2.24, 2.45) is 0 Å². The van der Waals surface area contributed by atoms with E-state index in [1.807, 2.05) is 53.2 Å². The maximum atomic E-state index is 11.6. The monoisotopic (exact) mass is 267 g/mol. The van der Waals surface area contributed by atoms with Gasteiger partial charge in [-0.05, 0) is 18.2 Å². The first kappa shape index (κ1) is 12.3. The van der Waals surface area contributed by atoms with Gasteiger partial charge in [-0.3, -0.25) is 0 Å². The van der Waals surface area contributed by atoms with Gasteiger partial charge < -0.3 is 14.2 Å². The summed E-state index contributed by atoms with van der Waals surface area (Å²) in [6, 6.07) is 12.9. The van der Waals surface area contributed by atoms with Crippen LogP contribution in [-0.4, -0.2) is 22.6 Å². The highest BCUT2D eigenvalue weighted by Gasteiger charge is 2.20. The molecule has 3 rings (SSSR count). The van der Waals surface area contributed by atoms with Crippen LogP contribution in [0.15, 0.2) is 54.9 Å². The van der Waals surface area contributed by atoms with Crippen molar-refractivity contribution in [3.05, 3.63) is 60.4 Å². The third kappa shape index (κ3) is 1.82. The zero-order chi connectivity index (χ0) is 14.1. The molecule has 2 heterocycles. The molecule has 0 amide bonds. The number of ether oxygens (including phenoxy) is 1. The van der Waals surface area contributed by atoms with E-state index in [-0.39, 0.29) is 5.56 Å². The average molecular weight is 267 g/mol. The SMILES string of the molecule is COc1ccccc1-c1cn2ccccc2c1C(=O)O. The quantitative estimate of drug-likeness (QED) is 0.792. The number of aromatic carboxylic acids is 1. The number of nitrogens with zero attached hydrogens (tertiary/aromatic N) is 1. The Morgan fingerprint density at radius 1 is 1.10 bits per heavy atom. The molecule has 4 heteroatoms. The van der Waals surface area contributed by atoms with Crippen LogP contribution >= 0.6 is 0 Å². The number of para-hydroxylation sites is 1. The smallest absolute Gasteiger partial charge is 0.338 e. The van der Waals surface area contributed by atoms with Gasteiger partial charge in [-0.15, -0.1) is 0 Å². The normalized spacial score (nSPS) is 10.7. The Kier molecular flexibility index (Phi) is 2.91. The summed E-state index contributed by atoms with van der Waals surface area (Å²) >= 11 is 0. The first-order valence-corrected chi connectivity index (χ1v) is 6.18. The van der Waals surface area contributed by atoms with Crippen LogP contribution in [0.2, 0.25) is 0 Å². The fourth-order valence-electron chi connectivity index (χ4n) is 2.42. The van der Waals surface area contributed by atoms with E-state index in [0.29, 0.717) is 16.8 Å². The minimum atomic E-state index is -0.945. The summed E-state index contributed by atoms with van der Waals surface area (Å²) in [4.78, 5) is 11.6. The maximum Gasteiger partial charge on any atom is 0.338 e. The number of carbonyl (C=O) groups is 1. The minimum absolute atomic E-state index is 0.287. The van der Waals surface area contributed by atoms with Crippen LogP contribution in [0.25, 0.3) is 16.6 Å². The van der Waals surface area contributed by atoms with Gasteiger partial charge in [-0.2, -0.15) is 0 Å². The number of carboxylic acid groups (broad SMARTS) is 1. The second-order valence-electron chi connectivity index (χ2n) is 4.42. The average Bonchev–Trinajstić information content (AvgIpc) is 2.86. The molecule has 100 valence electrons. The molecule has 3 aromatic rings. The zero-order valence-electron chi connectivity index (χ0n) is 10.9. The fraction of sp³-hybridized carbons (Fsp3) is 0.0625. The van der Waals surface area contributed by atoms with E-state index >= 15 is 0 Å². The van der Waals surface area contributed by atoms with Crippen LogP contribution in [0, 0.1) is 0 Å². The molecule has 1 aromatic carbocycles. The maximum absolute atomic E-state index is 11.6. The molecular formula is C16H13NO3. The molecule has 0 saturated heterocycles. The van der Waals surface area contributed by atoms with Gasteiger partial charge in [0.15, 0.2) is 0 Å². The number of fused-ring (bicyclic) bond motifs is 1.